The van der Waals surface area contributed by atoms with Crippen LogP contribution in [-0.2, 0) is 17.9 Å². The maximum absolute atomic E-state index is 11.1. The average molecular weight is 234 g/mol. The SMILES string of the molecule is CNC(=O)Cn1cc(NCc2cnc[nH]2)cn1. The minimum Gasteiger partial charge on any atom is -0.377 e. The van der Waals surface area contributed by atoms with Crippen molar-refractivity contribution in [3.05, 3.63) is 30.6 Å². The molecule has 2 aromatic rings. The fraction of sp³-hybridized carbons (Fsp3) is 0.300. The first-order valence-electron chi connectivity index (χ1n) is 5.22. The molecule has 7 heteroatoms. The molecule has 17 heavy (non-hydrogen) atoms. The van der Waals surface area contributed by atoms with Crippen LogP contribution < -0.4 is 10.6 Å². The van der Waals surface area contributed by atoms with Crippen molar-refractivity contribution in [2.24, 2.45) is 0 Å². The quantitative estimate of drug-likeness (QED) is 0.677. The van der Waals surface area contributed by atoms with Gasteiger partial charge in [-0.05, 0) is 0 Å². The highest BCUT2D eigenvalue weighted by Crippen LogP contribution is 2.06. The highest BCUT2D eigenvalue weighted by atomic mass is 16.1. The van der Waals surface area contributed by atoms with E-state index in [1.54, 1.807) is 36.6 Å². The van der Waals surface area contributed by atoms with E-state index < -0.39 is 0 Å². The number of carbonyl (C=O) groups excluding carboxylic acids is 1. The molecule has 0 radical (unpaired) electrons. The van der Waals surface area contributed by atoms with Crippen molar-refractivity contribution < 1.29 is 4.79 Å². The normalized spacial score (nSPS) is 10.2. The van der Waals surface area contributed by atoms with E-state index in [0.717, 1.165) is 11.4 Å². The molecule has 0 atom stereocenters. The number of carbonyl (C=O) groups is 1. The van der Waals surface area contributed by atoms with Crippen molar-refractivity contribution >= 4 is 11.6 Å². The molecule has 2 aromatic heterocycles. The zero-order valence-electron chi connectivity index (χ0n) is 9.47. The van der Waals surface area contributed by atoms with Gasteiger partial charge in [-0.1, -0.05) is 0 Å². The van der Waals surface area contributed by atoms with Crippen molar-refractivity contribution in [2.45, 2.75) is 13.1 Å². The summed E-state index contributed by atoms with van der Waals surface area (Å²) >= 11 is 0. The standard InChI is InChI=1S/C10H14N6O/c1-11-10(17)6-16-5-9(4-15-16)13-3-8-2-12-7-14-8/h2,4-5,7,13H,3,6H2,1H3,(H,11,17)(H,12,14). The summed E-state index contributed by atoms with van der Waals surface area (Å²) in [6, 6.07) is 0. The number of rotatable bonds is 5. The first-order valence-corrected chi connectivity index (χ1v) is 5.22. The summed E-state index contributed by atoms with van der Waals surface area (Å²) in [6.07, 6.45) is 6.85. The summed E-state index contributed by atoms with van der Waals surface area (Å²) in [6.45, 7) is 0.869. The number of H-pyrrole nitrogens is 1. The van der Waals surface area contributed by atoms with Crippen molar-refractivity contribution in [1.82, 2.24) is 25.1 Å². The number of aromatic nitrogens is 4. The van der Waals surface area contributed by atoms with Crippen LogP contribution in [0.4, 0.5) is 5.69 Å². The number of aromatic amines is 1. The van der Waals surface area contributed by atoms with Gasteiger partial charge in [0.25, 0.3) is 0 Å². The zero-order valence-corrected chi connectivity index (χ0v) is 9.47. The van der Waals surface area contributed by atoms with Gasteiger partial charge in [0, 0.05) is 19.4 Å². The van der Waals surface area contributed by atoms with E-state index in [2.05, 4.69) is 25.7 Å². The summed E-state index contributed by atoms with van der Waals surface area (Å²) in [5.41, 5.74) is 1.85. The molecule has 2 rings (SSSR count). The van der Waals surface area contributed by atoms with Crippen LogP contribution in [0.1, 0.15) is 5.69 Å². The smallest absolute Gasteiger partial charge is 0.241 e. The van der Waals surface area contributed by atoms with Crippen molar-refractivity contribution in [3.63, 3.8) is 0 Å². The number of hydrogen-bond acceptors (Lipinski definition) is 4. The van der Waals surface area contributed by atoms with Gasteiger partial charge in [0.2, 0.25) is 5.91 Å². The van der Waals surface area contributed by atoms with Gasteiger partial charge in [-0.2, -0.15) is 5.10 Å². The molecule has 0 aromatic carbocycles. The monoisotopic (exact) mass is 234 g/mol. The van der Waals surface area contributed by atoms with Gasteiger partial charge in [-0.25, -0.2) is 4.98 Å². The van der Waals surface area contributed by atoms with Crippen LogP contribution in [-0.4, -0.2) is 32.7 Å². The molecule has 0 fully saturated rings. The molecule has 90 valence electrons. The van der Waals surface area contributed by atoms with Crippen LogP contribution in [0.5, 0.6) is 0 Å². The highest BCUT2D eigenvalue weighted by Gasteiger charge is 2.02. The molecule has 2 heterocycles. The molecule has 0 bridgehead atoms. The number of hydrogen-bond donors (Lipinski definition) is 3. The molecule has 0 aliphatic heterocycles. The Kier molecular flexibility index (Phi) is 3.39. The number of anilines is 1. The largest absolute Gasteiger partial charge is 0.377 e. The summed E-state index contributed by atoms with van der Waals surface area (Å²) in [7, 11) is 1.60. The average Bonchev–Trinajstić information content (AvgIpc) is 2.97. The van der Waals surface area contributed by atoms with Crippen LogP contribution in [0.2, 0.25) is 0 Å². The number of nitrogens with zero attached hydrogens (tertiary/aromatic N) is 3. The van der Waals surface area contributed by atoms with E-state index in [1.165, 1.54) is 0 Å². The lowest BCUT2D eigenvalue weighted by atomic mass is 10.4. The minimum atomic E-state index is -0.0757. The molecule has 7 nitrogen and oxygen atoms in total. The van der Waals surface area contributed by atoms with Crippen LogP contribution in [0.15, 0.2) is 24.9 Å². The minimum absolute atomic E-state index is 0.0757. The Labute approximate surface area is 98.2 Å². The fourth-order valence-electron chi connectivity index (χ4n) is 1.35. The molecule has 0 unspecified atom stereocenters. The summed E-state index contributed by atoms with van der Waals surface area (Å²) in [5.74, 6) is -0.0757. The molecule has 1 amide bonds. The number of imidazole rings is 1. The van der Waals surface area contributed by atoms with Crippen molar-refractivity contribution in [2.75, 3.05) is 12.4 Å². The van der Waals surface area contributed by atoms with Gasteiger partial charge >= 0.3 is 0 Å². The molecule has 3 N–H and O–H groups in total. The molecular formula is C10H14N6O. The molecule has 0 saturated heterocycles. The van der Waals surface area contributed by atoms with Gasteiger partial charge in [-0.15, -0.1) is 0 Å². The summed E-state index contributed by atoms with van der Waals surface area (Å²) in [4.78, 5) is 18.0. The summed E-state index contributed by atoms with van der Waals surface area (Å²) in [5, 5.41) is 9.79. The van der Waals surface area contributed by atoms with Gasteiger partial charge in [0.05, 0.1) is 30.5 Å². The van der Waals surface area contributed by atoms with Crippen molar-refractivity contribution in [1.29, 1.82) is 0 Å². The second kappa shape index (κ2) is 5.15. The Hall–Kier alpha value is -2.31. The number of amides is 1. The lowest BCUT2D eigenvalue weighted by Crippen LogP contribution is -2.23. The van der Waals surface area contributed by atoms with E-state index >= 15 is 0 Å². The van der Waals surface area contributed by atoms with E-state index in [-0.39, 0.29) is 12.5 Å². The number of likely N-dealkylation sites (N-methyl/N-ethyl adjacent to an activating group) is 1. The Balaban J connectivity index is 1.88. The van der Waals surface area contributed by atoms with Crippen LogP contribution in [0.3, 0.4) is 0 Å². The summed E-state index contributed by atoms with van der Waals surface area (Å²) < 4.78 is 1.58. The van der Waals surface area contributed by atoms with Gasteiger partial charge in [0.1, 0.15) is 6.54 Å². The predicted molar refractivity (Wildman–Crippen MR) is 62.2 cm³/mol. The van der Waals surface area contributed by atoms with Crippen molar-refractivity contribution in [3.8, 4) is 0 Å². The Morgan fingerprint density at radius 2 is 2.41 bits per heavy atom. The first-order chi connectivity index (χ1) is 8.28. The Morgan fingerprint density at radius 1 is 1.53 bits per heavy atom. The molecule has 0 aliphatic carbocycles. The van der Waals surface area contributed by atoms with Gasteiger partial charge in [-0.3, -0.25) is 9.48 Å². The van der Waals surface area contributed by atoms with E-state index in [1.807, 2.05) is 0 Å². The fourth-order valence-corrected chi connectivity index (χ4v) is 1.35. The maximum Gasteiger partial charge on any atom is 0.241 e. The third-order valence-electron chi connectivity index (χ3n) is 2.26. The second-order valence-corrected chi connectivity index (χ2v) is 3.53. The Morgan fingerprint density at radius 3 is 3.12 bits per heavy atom. The van der Waals surface area contributed by atoms with Gasteiger partial charge in [0.15, 0.2) is 0 Å². The molecule has 0 spiro atoms. The molecule has 0 aliphatic rings. The Bertz CT molecular complexity index is 475. The van der Waals surface area contributed by atoms with Gasteiger partial charge < -0.3 is 15.6 Å². The number of nitrogens with one attached hydrogen (secondary N) is 3. The third kappa shape index (κ3) is 3.07. The predicted octanol–water partition coefficient (Wildman–Crippen LogP) is -0.0357. The first kappa shape index (κ1) is 11.2. The van der Waals surface area contributed by atoms with Crippen LogP contribution in [0.25, 0.3) is 0 Å². The lowest BCUT2D eigenvalue weighted by molar-refractivity contribution is -0.121. The van der Waals surface area contributed by atoms with E-state index in [9.17, 15) is 4.79 Å². The highest BCUT2D eigenvalue weighted by molar-refractivity contribution is 5.75. The second-order valence-electron chi connectivity index (χ2n) is 3.53. The van der Waals surface area contributed by atoms with E-state index in [0.29, 0.717) is 6.54 Å². The molecule has 0 saturated carbocycles. The topological polar surface area (TPSA) is 87.6 Å². The van der Waals surface area contributed by atoms with Crippen LogP contribution >= 0.6 is 0 Å². The zero-order chi connectivity index (χ0) is 12.1. The lowest BCUT2D eigenvalue weighted by Gasteiger charge is -2.00. The third-order valence-corrected chi connectivity index (χ3v) is 2.26. The van der Waals surface area contributed by atoms with Crippen LogP contribution in [0, 0.1) is 0 Å². The maximum atomic E-state index is 11.1. The van der Waals surface area contributed by atoms with E-state index in [4.69, 9.17) is 0 Å². The molecular weight excluding hydrogens is 220 g/mol.